The van der Waals surface area contributed by atoms with Gasteiger partial charge in [-0.05, 0) is 18.2 Å². The van der Waals surface area contributed by atoms with Crippen LogP contribution in [-0.4, -0.2) is 23.2 Å². The Labute approximate surface area is 110 Å². The molecule has 0 atom stereocenters. The number of nitrogens with one attached hydrogen (secondary N) is 2. The van der Waals surface area contributed by atoms with Crippen LogP contribution in [0, 0.1) is 0 Å². The molecule has 0 aliphatic rings. The van der Waals surface area contributed by atoms with E-state index >= 15 is 0 Å². The second-order valence-corrected chi connectivity index (χ2v) is 4.93. The number of anilines is 1. The molecule has 1 heterocycles. The first kappa shape index (κ1) is 12.6. The molecule has 0 fully saturated rings. The molecule has 18 heavy (non-hydrogen) atoms. The Morgan fingerprint density at radius 1 is 1.33 bits per heavy atom. The molecule has 0 aliphatic carbocycles. The van der Waals surface area contributed by atoms with Crippen LogP contribution in [0.5, 0.6) is 0 Å². The number of nitrogens with two attached hydrogens (primary N) is 1. The van der Waals surface area contributed by atoms with Crippen LogP contribution in [0.15, 0.2) is 47.5 Å². The number of thioether (sulfide) groups is 1. The Morgan fingerprint density at radius 2 is 2.11 bits per heavy atom. The van der Waals surface area contributed by atoms with E-state index < -0.39 is 0 Å². The third-order valence-corrected chi connectivity index (χ3v) is 3.36. The number of nitrogen functional groups attached to an aromatic ring is 1. The number of aromatic nitrogens is 1. The van der Waals surface area contributed by atoms with Crippen LogP contribution in [0.3, 0.4) is 0 Å². The topological polar surface area (TPSA) is 70.9 Å². The van der Waals surface area contributed by atoms with Crippen molar-refractivity contribution in [1.29, 1.82) is 0 Å². The highest BCUT2D eigenvalue weighted by Gasteiger charge is 2.06. The molecule has 0 unspecified atom stereocenters. The standard InChI is InChI=1S/C13H15N3OS/c14-10-8-12(16-9-10)13(17)15-6-7-18-11-4-2-1-3-5-11/h1-5,8-9,16H,6-7,14H2,(H,15,17). The number of benzene rings is 1. The second kappa shape index (κ2) is 6.16. The first-order valence-corrected chi connectivity index (χ1v) is 6.64. The van der Waals surface area contributed by atoms with Gasteiger partial charge in [-0.25, -0.2) is 0 Å². The molecule has 2 aromatic rings. The summed E-state index contributed by atoms with van der Waals surface area (Å²) in [4.78, 5) is 15.7. The van der Waals surface area contributed by atoms with Crippen LogP contribution >= 0.6 is 11.8 Å². The number of aromatic amines is 1. The third-order valence-electron chi connectivity index (χ3n) is 2.35. The molecule has 1 amide bonds. The maximum absolute atomic E-state index is 11.7. The summed E-state index contributed by atoms with van der Waals surface area (Å²) in [5, 5.41) is 2.84. The van der Waals surface area contributed by atoms with Gasteiger partial charge in [0.05, 0.1) is 0 Å². The SMILES string of the molecule is Nc1c[nH]c(C(=O)NCCSc2ccccc2)c1. The molecule has 0 bridgehead atoms. The van der Waals surface area contributed by atoms with Crippen LogP contribution in [0.25, 0.3) is 0 Å². The highest BCUT2D eigenvalue weighted by Crippen LogP contribution is 2.15. The maximum Gasteiger partial charge on any atom is 0.267 e. The van der Waals surface area contributed by atoms with Gasteiger partial charge in [0.15, 0.2) is 0 Å². The number of H-pyrrole nitrogens is 1. The van der Waals surface area contributed by atoms with Gasteiger partial charge >= 0.3 is 0 Å². The fourth-order valence-corrected chi connectivity index (χ4v) is 2.28. The lowest BCUT2D eigenvalue weighted by Crippen LogP contribution is -2.25. The lowest BCUT2D eigenvalue weighted by molar-refractivity contribution is 0.0952. The molecular formula is C13H15N3OS. The molecular weight excluding hydrogens is 246 g/mol. The minimum atomic E-state index is -0.125. The van der Waals surface area contributed by atoms with Gasteiger partial charge in [0, 0.05) is 29.1 Å². The molecule has 0 saturated heterocycles. The zero-order valence-electron chi connectivity index (χ0n) is 9.85. The summed E-state index contributed by atoms with van der Waals surface area (Å²) in [5.41, 5.74) is 6.60. The van der Waals surface area contributed by atoms with Gasteiger partial charge in [-0.15, -0.1) is 11.8 Å². The smallest absolute Gasteiger partial charge is 0.267 e. The molecule has 1 aromatic heterocycles. The lowest BCUT2D eigenvalue weighted by Gasteiger charge is -2.03. The van der Waals surface area contributed by atoms with Crippen molar-refractivity contribution in [2.45, 2.75) is 4.90 Å². The maximum atomic E-state index is 11.7. The third kappa shape index (κ3) is 3.56. The number of hydrogen-bond donors (Lipinski definition) is 3. The predicted octanol–water partition coefficient (Wildman–Crippen LogP) is 2.12. The quantitative estimate of drug-likeness (QED) is 0.570. The van der Waals surface area contributed by atoms with Crippen molar-refractivity contribution in [3.8, 4) is 0 Å². The summed E-state index contributed by atoms with van der Waals surface area (Å²) < 4.78 is 0. The monoisotopic (exact) mass is 261 g/mol. The largest absolute Gasteiger partial charge is 0.397 e. The van der Waals surface area contributed by atoms with Crippen molar-refractivity contribution in [1.82, 2.24) is 10.3 Å². The molecule has 0 radical (unpaired) electrons. The summed E-state index contributed by atoms with van der Waals surface area (Å²) in [6, 6.07) is 11.7. The van der Waals surface area contributed by atoms with Crippen LogP contribution in [0.2, 0.25) is 0 Å². The van der Waals surface area contributed by atoms with Gasteiger partial charge in [0.2, 0.25) is 0 Å². The van der Waals surface area contributed by atoms with E-state index in [0.717, 1.165) is 5.75 Å². The van der Waals surface area contributed by atoms with Gasteiger partial charge < -0.3 is 16.0 Å². The summed E-state index contributed by atoms with van der Waals surface area (Å²) in [7, 11) is 0. The van der Waals surface area contributed by atoms with Crippen molar-refractivity contribution in [2.24, 2.45) is 0 Å². The van der Waals surface area contributed by atoms with E-state index in [-0.39, 0.29) is 5.91 Å². The Hall–Kier alpha value is -1.88. The van der Waals surface area contributed by atoms with Gasteiger partial charge in [-0.3, -0.25) is 4.79 Å². The van der Waals surface area contributed by atoms with Crippen LogP contribution in [0.4, 0.5) is 5.69 Å². The summed E-state index contributed by atoms with van der Waals surface area (Å²) in [5.74, 6) is 0.715. The van der Waals surface area contributed by atoms with E-state index in [1.165, 1.54) is 4.90 Å². The minimum Gasteiger partial charge on any atom is -0.397 e. The summed E-state index contributed by atoms with van der Waals surface area (Å²) in [6.07, 6.45) is 1.60. The first-order chi connectivity index (χ1) is 8.75. The first-order valence-electron chi connectivity index (χ1n) is 5.65. The normalized spacial score (nSPS) is 10.2. The van der Waals surface area contributed by atoms with E-state index in [9.17, 15) is 4.79 Å². The van der Waals surface area contributed by atoms with E-state index in [4.69, 9.17) is 5.73 Å². The summed E-state index contributed by atoms with van der Waals surface area (Å²) >= 11 is 1.71. The predicted molar refractivity (Wildman–Crippen MR) is 74.7 cm³/mol. The van der Waals surface area contributed by atoms with Gasteiger partial charge in [-0.1, -0.05) is 18.2 Å². The van der Waals surface area contributed by atoms with Gasteiger partial charge in [-0.2, -0.15) is 0 Å². The van der Waals surface area contributed by atoms with E-state index in [2.05, 4.69) is 22.4 Å². The molecule has 1 aromatic carbocycles. The number of amides is 1. The molecule has 0 spiro atoms. The number of carbonyl (C=O) groups is 1. The Morgan fingerprint density at radius 3 is 2.78 bits per heavy atom. The molecule has 4 nitrogen and oxygen atoms in total. The van der Waals surface area contributed by atoms with Crippen molar-refractivity contribution < 1.29 is 4.79 Å². The fourth-order valence-electron chi connectivity index (χ4n) is 1.49. The van der Waals surface area contributed by atoms with E-state index in [0.29, 0.717) is 17.9 Å². The second-order valence-electron chi connectivity index (χ2n) is 3.76. The zero-order chi connectivity index (χ0) is 12.8. The Bertz CT molecular complexity index is 510. The van der Waals surface area contributed by atoms with Crippen LogP contribution in [0.1, 0.15) is 10.5 Å². The Kier molecular flexibility index (Phi) is 4.30. The zero-order valence-corrected chi connectivity index (χ0v) is 10.7. The van der Waals surface area contributed by atoms with Crippen molar-refractivity contribution in [3.05, 3.63) is 48.3 Å². The van der Waals surface area contributed by atoms with E-state index in [1.54, 1.807) is 24.0 Å². The lowest BCUT2D eigenvalue weighted by atomic mass is 10.4. The van der Waals surface area contributed by atoms with Crippen LogP contribution < -0.4 is 11.1 Å². The average Bonchev–Trinajstić information content (AvgIpc) is 2.82. The fraction of sp³-hybridized carbons (Fsp3) is 0.154. The van der Waals surface area contributed by atoms with Gasteiger partial charge in [0.1, 0.15) is 5.69 Å². The number of hydrogen-bond acceptors (Lipinski definition) is 3. The number of carbonyl (C=O) groups excluding carboxylic acids is 1. The summed E-state index contributed by atoms with van der Waals surface area (Å²) in [6.45, 7) is 0.622. The Balaban J connectivity index is 1.71. The molecule has 0 aliphatic heterocycles. The molecule has 0 saturated carbocycles. The average molecular weight is 261 g/mol. The minimum absolute atomic E-state index is 0.125. The highest BCUT2D eigenvalue weighted by atomic mass is 32.2. The molecule has 94 valence electrons. The van der Waals surface area contributed by atoms with Gasteiger partial charge in [0.25, 0.3) is 5.91 Å². The van der Waals surface area contributed by atoms with Crippen molar-refractivity contribution >= 4 is 23.4 Å². The van der Waals surface area contributed by atoms with Crippen molar-refractivity contribution in [3.63, 3.8) is 0 Å². The van der Waals surface area contributed by atoms with E-state index in [1.807, 2.05) is 18.2 Å². The van der Waals surface area contributed by atoms with Crippen LogP contribution in [-0.2, 0) is 0 Å². The van der Waals surface area contributed by atoms with Crippen molar-refractivity contribution in [2.75, 3.05) is 18.0 Å². The number of rotatable bonds is 5. The molecule has 5 heteroatoms. The molecule has 4 N–H and O–H groups in total. The molecule has 2 rings (SSSR count). The highest BCUT2D eigenvalue weighted by molar-refractivity contribution is 7.99.